The summed E-state index contributed by atoms with van der Waals surface area (Å²) in [5.41, 5.74) is -2.01. The molecule has 13 heteroatoms. The number of benzene rings is 1. The number of nitrogens with zero attached hydrogens (tertiary/aromatic N) is 5. The molecule has 3 N–H and O–H groups in total. The molecule has 0 aliphatic carbocycles. The fraction of sp³-hybridized carbons (Fsp3) is 0.250. The summed E-state index contributed by atoms with van der Waals surface area (Å²) in [5.74, 6) is -2.49. The third-order valence-corrected chi connectivity index (χ3v) is 5.16. The molecule has 1 aromatic carbocycles. The zero-order valence-corrected chi connectivity index (χ0v) is 16.5. The summed E-state index contributed by atoms with van der Waals surface area (Å²) in [5, 5.41) is 26.7. The minimum atomic E-state index is -3.97. The molecule has 0 spiro atoms. The summed E-state index contributed by atoms with van der Waals surface area (Å²) < 4.78 is 50.5. The lowest BCUT2D eigenvalue weighted by atomic mass is 10.0. The number of hydrogen-bond donors (Lipinski definition) is 2. The normalized spacial score (nSPS) is 14.0. The monoisotopic (exact) mass is 444 g/mol. The number of aromatic nitrogens is 5. The van der Waals surface area contributed by atoms with Crippen LogP contribution in [0.4, 0.5) is 8.78 Å². The maximum Gasteiger partial charge on any atom is 0.223 e. The maximum absolute atomic E-state index is 14.0. The summed E-state index contributed by atoms with van der Waals surface area (Å²) in [6, 6.07) is 6.54. The molecule has 3 rings (SSSR count). The minimum absolute atomic E-state index is 0.00102. The largest absolute Gasteiger partial charge is 0.383 e. The summed E-state index contributed by atoms with van der Waals surface area (Å²) >= 11 is 5.67. The van der Waals surface area contributed by atoms with E-state index in [0.717, 1.165) is 16.9 Å². The first kappa shape index (κ1) is 21.2. The van der Waals surface area contributed by atoms with E-state index in [4.69, 9.17) is 16.7 Å². The zero-order valence-electron chi connectivity index (χ0n) is 14.9. The number of pyridine rings is 1. The van der Waals surface area contributed by atoms with Gasteiger partial charge < -0.3 is 5.11 Å². The standard InChI is InChI=1S/C16H15ClF2N6O3S/c1-16(26,8-29(20,27)28)13-4-2-3-12(21-13)15-22-24-25(23-15)7-9-11(18)6-5-10(17)14(9)19/h2-6,26H,7-8H2,1H3,(H2,20,27,28). The van der Waals surface area contributed by atoms with E-state index in [0.29, 0.717) is 0 Å². The summed E-state index contributed by atoms with van der Waals surface area (Å²) in [4.78, 5) is 5.10. The first-order valence-electron chi connectivity index (χ1n) is 8.07. The lowest BCUT2D eigenvalue weighted by Gasteiger charge is -2.21. The van der Waals surface area contributed by atoms with Crippen molar-refractivity contribution in [3.63, 3.8) is 0 Å². The van der Waals surface area contributed by atoms with Crippen molar-refractivity contribution in [3.05, 3.63) is 58.2 Å². The van der Waals surface area contributed by atoms with Crippen molar-refractivity contribution in [3.8, 4) is 11.5 Å². The smallest absolute Gasteiger partial charge is 0.223 e. The summed E-state index contributed by atoms with van der Waals surface area (Å²) in [6.45, 7) is 0.881. The molecule has 2 heterocycles. The van der Waals surface area contributed by atoms with Crippen LogP contribution in [0.5, 0.6) is 0 Å². The Morgan fingerprint density at radius 3 is 2.69 bits per heavy atom. The number of hydrogen-bond acceptors (Lipinski definition) is 7. The average molecular weight is 445 g/mol. The van der Waals surface area contributed by atoms with Crippen molar-refractivity contribution in [2.45, 2.75) is 19.1 Å². The molecule has 0 amide bonds. The van der Waals surface area contributed by atoms with Gasteiger partial charge in [0.1, 0.15) is 22.9 Å². The Bertz CT molecular complexity index is 1170. The lowest BCUT2D eigenvalue weighted by molar-refractivity contribution is 0.0773. The quantitative estimate of drug-likeness (QED) is 0.545. The van der Waals surface area contributed by atoms with Gasteiger partial charge in [-0.1, -0.05) is 17.7 Å². The molecule has 0 fully saturated rings. The predicted molar refractivity (Wildman–Crippen MR) is 99.1 cm³/mol. The van der Waals surface area contributed by atoms with E-state index in [2.05, 4.69) is 20.4 Å². The second-order valence-electron chi connectivity index (χ2n) is 6.45. The molecule has 0 aliphatic heterocycles. The lowest BCUT2D eigenvalue weighted by Crippen LogP contribution is -2.35. The Kier molecular flexibility index (Phi) is 5.63. The second kappa shape index (κ2) is 7.71. The number of rotatable bonds is 6. The van der Waals surface area contributed by atoms with Crippen molar-refractivity contribution in [1.29, 1.82) is 0 Å². The van der Waals surface area contributed by atoms with Crippen molar-refractivity contribution in [2.75, 3.05) is 5.75 Å². The Morgan fingerprint density at radius 2 is 2.00 bits per heavy atom. The Morgan fingerprint density at radius 1 is 1.28 bits per heavy atom. The molecule has 154 valence electrons. The fourth-order valence-corrected chi connectivity index (χ4v) is 3.70. The molecule has 0 saturated heterocycles. The van der Waals surface area contributed by atoms with E-state index < -0.39 is 33.0 Å². The van der Waals surface area contributed by atoms with Crippen LogP contribution in [0.25, 0.3) is 11.5 Å². The van der Waals surface area contributed by atoms with Crippen LogP contribution in [0, 0.1) is 11.6 Å². The van der Waals surface area contributed by atoms with Gasteiger partial charge in [0, 0.05) is 5.56 Å². The highest BCUT2D eigenvalue weighted by atomic mass is 35.5. The topological polar surface area (TPSA) is 137 Å². The van der Waals surface area contributed by atoms with Gasteiger partial charge in [0.15, 0.2) is 0 Å². The van der Waals surface area contributed by atoms with Crippen molar-refractivity contribution >= 4 is 21.6 Å². The van der Waals surface area contributed by atoms with Gasteiger partial charge in [-0.25, -0.2) is 27.3 Å². The SMILES string of the molecule is CC(O)(CS(N)(=O)=O)c1cccc(-c2nnn(Cc3c(F)ccc(Cl)c3F)n2)n1. The van der Waals surface area contributed by atoms with Gasteiger partial charge in [0.25, 0.3) is 0 Å². The van der Waals surface area contributed by atoms with Crippen LogP contribution in [0.2, 0.25) is 5.02 Å². The number of primary sulfonamides is 1. The highest BCUT2D eigenvalue weighted by molar-refractivity contribution is 7.89. The third-order valence-electron chi connectivity index (χ3n) is 3.90. The molecule has 0 saturated carbocycles. The maximum atomic E-state index is 14.0. The van der Waals surface area contributed by atoms with Gasteiger partial charge in [0.05, 0.1) is 23.0 Å². The van der Waals surface area contributed by atoms with Crippen molar-refractivity contribution in [1.82, 2.24) is 25.2 Å². The zero-order chi connectivity index (χ0) is 21.4. The second-order valence-corrected chi connectivity index (χ2v) is 8.48. The fourth-order valence-electron chi connectivity index (χ4n) is 2.59. The Balaban J connectivity index is 1.89. The van der Waals surface area contributed by atoms with Crippen LogP contribution in [-0.2, 0) is 22.2 Å². The molecule has 1 atom stereocenters. The third kappa shape index (κ3) is 4.90. The van der Waals surface area contributed by atoms with Crippen LogP contribution in [0.15, 0.2) is 30.3 Å². The Hall–Kier alpha value is -2.54. The Labute approximate surface area is 169 Å². The predicted octanol–water partition coefficient (Wildman–Crippen LogP) is 1.21. The minimum Gasteiger partial charge on any atom is -0.383 e. The molecule has 1 unspecified atom stereocenters. The van der Waals surface area contributed by atoms with Crippen molar-refractivity contribution < 1.29 is 22.3 Å². The number of sulfonamides is 1. The van der Waals surface area contributed by atoms with Crippen LogP contribution < -0.4 is 5.14 Å². The van der Waals surface area contributed by atoms with Gasteiger partial charge in [-0.3, -0.25) is 0 Å². The van der Waals surface area contributed by atoms with Crippen LogP contribution in [0.1, 0.15) is 18.2 Å². The summed E-state index contributed by atoms with van der Waals surface area (Å²) in [7, 11) is -3.97. The van der Waals surface area contributed by atoms with Crippen LogP contribution >= 0.6 is 11.6 Å². The van der Waals surface area contributed by atoms with Gasteiger partial charge in [-0.2, -0.15) is 4.80 Å². The van der Waals surface area contributed by atoms with Gasteiger partial charge in [-0.05, 0) is 36.4 Å². The van der Waals surface area contributed by atoms with Gasteiger partial charge >= 0.3 is 0 Å². The van der Waals surface area contributed by atoms with E-state index in [9.17, 15) is 22.3 Å². The van der Waals surface area contributed by atoms with Gasteiger partial charge in [0.2, 0.25) is 15.8 Å². The van der Waals surface area contributed by atoms with E-state index in [1.165, 1.54) is 25.1 Å². The first-order valence-corrected chi connectivity index (χ1v) is 10.2. The molecule has 2 aromatic heterocycles. The molecule has 29 heavy (non-hydrogen) atoms. The van der Waals surface area contributed by atoms with Crippen LogP contribution in [-0.4, -0.2) is 44.5 Å². The molecule has 9 nitrogen and oxygen atoms in total. The molecule has 0 aliphatic rings. The molecule has 3 aromatic rings. The number of nitrogens with two attached hydrogens (primary N) is 1. The molecular formula is C16H15ClF2N6O3S. The molecule has 0 bridgehead atoms. The van der Waals surface area contributed by atoms with Crippen molar-refractivity contribution in [2.24, 2.45) is 5.14 Å². The first-order chi connectivity index (χ1) is 13.5. The highest BCUT2D eigenvalue weighted by Gasteiger charge is 2.30. The average Bonchev–Trinajstić information content (AvgIpc) is 3.09. The molecular weight excluding hydrogens is 430 g/mol. The van der Waals surface area contributed by atoms with E-state index >= 15 is 0 Å². The van der Waals surface area contributed by atoms with Crippen LogP contribution in [0.3, 0.4) is 0 Å². The van der Waals surface area contributed by atoms with E-state index in [1.807, 2.05) is 0 Å². The number of tetrazole rings is 1. The summed E-state index contributed by atoms with van der Waals surface area (Å²) in [6.07, 6.45) is 0. The number of aliphatic hydroxyl groups is 1. The van der Waals surface area contributed by atoms with Gasteiger partial charge in [-0.15, -0.1) is 10.2 Å². The highest BCUT2D eigenvalue weighted by Crippen LogP contribution is 2.24. The molecule has 0 radical (unpaired) electrons. The van der Waals surface area contributed by atoms with E-state index in [-0.39, 0.29) is 34.3 Å². The number of halogens is 3. The van der Waals surface area contributed by atoms with E-state index in [1.54, 1.807) is 0 Å².